The summed E-state index contributed by atoms with van der Waals surface area (Å²) in [6.45, 7) is 1.89. The average molecular weight is 308 g/mol. The van der Waals surface area contributed by atoms with Crippen molar-refractivity contribution < 1.29 is 9.50 Å². The maximum atomic E-state index is 14.3. The first-order valence-corrected chi connectivity index (χ1v) is 7.37. The Bertz CT molecular complexity index is 982. The van der Waals surface area contributed by atoms with E-state index >= 15 is 0 Å². The molecule has 6 heteroatoms. The fraction of sp³-hybridized carbons (Fsp3) is 0.235. The summed E-state index contributed by atoms with van der Waals surface area (Å²) in [7, 11) is 0. The summed E-state index contributed by atoms with van der Waals surface area (Å²) in [5.41, 5.74) is 3.14. The van der Waals surface area contributed by atoms with E-state index in [9.17, 15) is 14.8 Å². The van der Waals surface area contributed by atoms with Gasteiger partial charge in [-0.1, -0.05) is 0 Å². The number of nitrogens with one attached hydrogen (secondary N) is 1. The van der Waals surface area contributed by atoms with Crippen LogP contribution in [0.25, 0.3) is 22.3 Å². The van der Waals surface area contributed by atoms with E-state index in [2.05, 4.69) is 21.3 Å². The molecule has 1 aliphatic rings. The first-order valence-electron chi connectivity index (χ1n) is 7.37. The Hall–Kier alpha value is -2.94. The van der Waals surface area contributed by atoms with Gasteiger partial charge in [0.05, 0.1) is 11.3 Å². The standard InChI is InChI=1S/C17H13FN4O/c1-8-14-15(9-2-3-9)12(7-19)16(20-17(14)22-21-8)11-5-4-10(23)6-13(11)18/h4-6,9,23H,2-3H2,1H3,(H,20,21,22). The van der Waals surface area contributed by atoms with Gasteiger partial charge in [-0.3, -0.25) is 5.10 Å². The minimum atomic E-state index is -0.609. The number of hydrogen-bond acceptors (Lipinski definition) is 4. The van der Waals surface area contributed by atoms with E-state index in [-0.39, 0.29) is 17.0 Å². The van der Waals surface area contributed by atoms with Gasteiger partial charge in [-0.2, -0.15) is 10.4 Å². The van der Waals surface area contributed by atoms with Gasteiger partial charge in [0.25, 0.3) is 0 Å². The predicted octanol–water partition coefficient (Wildman–Crippen LogP) is 3.53. The number of rotatable bonds is 2. The van der Waals surface area contributed by atoms with Crippen molar-refractivity contribution in [3.05, 3.63) is 40.8 Å². The van der Waals surface area contributed by atoms with Crippen LogP contribution < -0.4 is 0 Å². The molecule has 23 heavy (non-hydrogen) atoms. The highest BCUT2D eigenvalue weighted by Gasteiger charge is 2.32. The molecule has 0 saturated heterocycles. The topological polar surface area (TPSA) is 85.6 Å². The smallest absolute Gasteiger partial charge is 0.182 e. The van der Waals surface area contributed by atoms with Gasteiger partial charge < -0.3 is 5.11 Å². The summed E-state index contributed by atoms with van der Waals surface area (Å²) in [4.78, 5) is 4.41. The molecule has 0 spiro atoms. The van der Waals surface area contributed by atoms with Gasteiger partial charge in [0, 0.05) is 22.7 Å². The lowest BCUT2D eigenvalue weighted by molar-refractivity contribution is 0.469. The zero-order chi connectivity index (χ0) is 16.1. The Morgan fingerprint density at radius 3 is 2.83 bits per heavy atom. The molecular formula is C17H13FN4O. The van der Waals surface area contributed by atoms with Gasteiger partial charge >= 0.3 is 0 Å². The molecule has 0 amide bonds. The molecule has 0 radical (unpaired) electrons. The molecule has 2 aromatic heterocycles. The Kier molecular flexibility index (Phi) is 2.85. The molecule has 114 valence electrons. The van der Waals surface area contributed by atoms with Crippen LogP contribution in [-0.4, -0.2) is 20.3 Å². The fourth-order valence-electron chi connectivity index (χ4n) is 3.02. The van der Waals surface area contributed by atoms with Crippen molar-refractivity contribution in [2.24, 2.45) is 0 Å². The Labute approximate surface area is 131 Å². The molecule has 4 rings (SSSR count). The zero-order valence-corrected chi connectivity index (χ0v) is 12.4. The largest absolute Gasteiger partial charge is 0.508 e. The number of halogens is 1. The van der Waals surface area contributed by atoms with Crippen LogP contribution in [0, 0.1) is 24.1 Å². The van der Waals surface area contributed by atoms with Crippen molar-refractivity contribution in [3.8, 4) is 23.1 Å². The minimum Gasteiger partial charge on any atom is -0.508 e. The van der Waals surface area contributed by atoms with E-state index < -0.39 is 5.82 Å². The number of phenolic OH excluding ortho intramolecular Hbond substituents is 1. The van der Waals surface area contributed by atoms with Crippen LogP contribution in [0.2, 0.25) is 0 Å². The first-order chi connectivity index (χ1) is 11.1. The lowest BCUT2D eigenvalue weighted by atomic mass is 9.95. The van der Waals surface area contributed by atoms with E-state index in [1.165, 1.54) is 12.1 Å². The maximum Gasteiger partial charge on any atom is 0.182 e. The van der Waals surface area contributed by atoms with Gasteiger partial charge in [0.2, 0.25) is 0 Å². The molecule has 1 aromatic carbocycles. The number of nitriles is 1. The molecule has 0 bridgehead atoms. The van der Waals surface area contributed by atoms with Gasteiger partial charge in [-0.15, -0.1) is 0 Å². The molecule has 2 N–H and O–H groups in total. The summed E-state index contributed by atoms with van der Waals surface area (Å²) in [6.07, 6.45) is 2.02. The third-order valence-electron chi connectivity index (χ3n) is 4.23. The third-order valence-corrected chi connectivity index (χ3v) is 4.23. The van der Waals surface area contributed by atoms with E-state index in [4.69, 9.17) is 0 Å². The van der Waals surface area contributed by atoms with Gasteiger partial charge in [0.15, 0.2) is 5.65 Å². The second-order valence-corrected chi connectivity index (χ2v) is 5.85. The maximum absolute atomic E-state index is 14.3. The summed E-state index contributed by atoms with van der Waals surface area (Å²) in [6, 6.07) is 6.05. The Morgan fingerprint density at radius 2 is 2.17 bits per heavy atom. The lowest BCUT2D eigenvalue weighted by Crippen LogP contribution is -1.99. The number of nitrogens with zero attached hydrogens (tertiary/aromatic N) is 3. The molecule has 2 heterocycles. The van der Waals surface area contributed by atoms with E-state index in [1.807, 2.05) is 6.92 Å². The summed E-state index contributed by atoms with van der Waals surface area (Å²) >= 11 is 0. The Balaban J connectivity index is 2.09. The highest BCUT2D eigenvalue weighted by Crippen LogP contribution is 2.47. The summed E-state index contributed by atoms with van der Waals surface area (Å²) < 4.78 is 14.3. The number of benzene rings is 1. The third kappa shape index (κ3) is 2.05. The number of fused-ring (bicyclic) bond motifs is 1. The van der Waals surface area contributed by atoms with Crippen LogP contribution >= 0.6 is 0 Å². The lowest BCUT2D eigenvalue weighted by Gasteiger charge is -2.11. The molecule has 0 unspecified atom stereocenters. The number of aromatic hydroxyl groups is 1. The van der Waals surface area contributed by atoms with E-state index in [0.717, 1.165) is 35.6 Å². The van der Waals surface area contributed by atoms with Crippen molar-refractivity contribution in [1.29, 1.82) is 5.26 Å². The van der Waals surface area contributed by atoms with Gasteiger partial charge in [0.1, 0.15) is 17.6 Å². The number of aromatic nitrogens is 3. The van der Waals surface area contributed by atoms with Crippen molar-refractivity contribution in [3.63, 3.8) is 0 Å². The predicted molar refractivity (Wildman–Crippen MR) is 82.4 cm³/mol. The van der Waals surface area contributed by atoms with Crippen molar-refractivity contribution in [2.45, 2.75) is 25.7 Å². The second-order valence-electron chi connectivity index (χ2n) is 5.85. The molecule has 5 nitrogen and oxygen atoms in total. The zero-order valence-electron chi connectivity index (χ0n) is 12.4. The van der Waals surface area contributed by atoms with Crippen LogP contribution in [0.1, 0.15) is 35.6 Å². The van der Waals surface area contributed by atoms with Gasteiger partial charge in [-0.05, 0) is 43.4 Å². The number of aryl methyl sites for hydroxylation is 1. The van der Waals surface area contributed by atoms with E-state index in [0.29, 0.717) is 17.1 Å². The minimum absolute atomic E-state index is 0.163. The molecule has 3 aromatic rings. The molecule has 0 aliphatic heterocycles. The summed E-state index contributed by atoms with van der Waals surface area (Å²) in [5, 5.41) is 27.0. The van der Waals surface area contributed by atoms with Crippen LogP contribution in [-0.2, 0) is 0 Å². The monoisotopic (exact) mass is 308 g/mol. The second kappa shape index (κ2) is 4.78. The Morgan fingerprint density at radius 1 is 1.39 bits per heavy atom. The highest BCUT2D eigenvalue weighted by atomic mass is 19.1. The summed E-state index contributed by atoms with van der Waals surface area (Å²) in [5.74, 6) is -0.475. The fourth-order valence-corrected chi connectivity index (χ4v) is 3.02. The number of hydrogen-bond donors (Lipinski definition) is 2. The number of phenols is 1. The van der Waals surface area contributed by atoms with Crippen molar-refractivity contribution in [2.75, 3.05) is 0 Å². The van der Waals surface area contributed by atoms with Crippen molar-refractivity contribution >= 4 is 11.0 Å². The molecule has 1 saturated carbocycles. The quantitative estimate of drug-likeness (QED) is 0.758. The van der Waals surface area contributed by atoms with E-state index in [1.54, 1.807) is 0 Å². The number of H-pyrrole nitrogens is 1. The molecule has 0 atom stereocenters. The molecular weight excluding hydrogens is 295 g/mol. The molecule has 1 fully saturated rings. The highest BCUT2D eigenvalue weighted by molar-refractivity contribution is 5.89. The van der Waals surface area contributed by atoms with Gasteiger partial charge in [-0.25, -0.2) is 9.37 Å². The van der Waals surface area contributed by atoms with Crippen LogP contribution in [0.15, 0.2) is 18.2 Å². The molecule has 1 aliphatic carbocycles. The van der Waals surface area contributed by atoms with Crippen molar-refractivity contribution in [1.82, 2.24) is 15.2 Å². The number of aromatic amines is 1. The SMILES string of the molecule is Cc1[nH]nc2nc(-c3ccc(O)cc3F)c(C#N)c(C3CC3)c12. The van der Waals surface area contributed by atoms with Crippen LogP contribution in [0.4, 0.5) is 4.39 Å². The number of pyridine rings is 1. The first kappa shape index (κ1) is 13.7. The average Bonchev–Trinajstić information content (AvgIpc) is 3.30. The van der Waals surface area contributed by atoms with Crippen LogP contribution in [0.3, 0.4) is 0 Å². The normalized spacial score (nSPS) is 14.1. The van der Waals surface area contributed by atoms with Crippen LogP contribution in [0.5, 0.6) is 5.75 Å².